The maximum Gasteiger partial charge on any atom is 0.278 e. The Labute approximate surface area is 179 Å². The predicted octanol–water partition coefficient (Wildman–Crippen LogP) is -0.947. The molecule has 2 amide bonds. The molecule has 1 heterocycles. The minimum atomic E-state index is -0.0310. The van der Waals surface area contributed by atoms with E-state index in [1.54, 1.807) is 0 Å². The summed E-state index contributed by atoms with van der Waals surface area (Å²) >= 11 is 0. The lowest BCUT2D eigenvalue weighted by Gasteiger charge is -2.32. The molecular weight excluding hydrogens is 376 g/mol. The predicted molar refractivity (Wildman–Crippen MR) is 117 cm³/mol. The molecule has 1 fully saturated rings. The van der Waals surface area contributed by atoms with Crippen molar-refractivity contribution in [1.82, 2.24) is 10.2 Å². The van der Waals surface area contributed by atoms with E-state index in [-0.39, 0.29) is 11.8 Å². The highest BCUT2D eigenvalue weighted by atomic mass is 16.2. The highest BCUT2D eigenvalue weighted by Crippen LogP contribution is 2.02. The molecule has 3 N–H and O–H groups in total. The molecule has 1 aliphatic heterocycles. The molecule has 0 radical (unpaired) electrons. The fourth-order valence-electron chi connectivity index (χ4n) is 3.93. The SMILES string of the molecule is Cc1cccc(C[NH+]2CCN(C(=O)C[NH+](C)CC(=O)NCc3ccccc3)CC2)c1. The summed E-state index contributed by atoms with van der Waals surface area (Å²) in [6, 6.07) is 18.5. The summed E-state index contributed by atoms with van der Waals surface area (Å²) in [4.78, 5) is 29.2. The first-order valence-corrected chi connectivity index (χ1v) is 10.8. The molecule has 1 saturated heterocycles. The lowest BCUT2D eigenvalue weighted by Crippen LogP contribution is -3.14. The van der Waals surface area contributed by atoms with E-state index in [0.717, 1.165) is 43.2 Å². The normalized spacial score (nSPS) is 15.6. The number of nitrogens with zero attached hydrogens (tertiary/aromatic N) is 1. The molecule has 1 aliphatic rings. The topological polar surface area (TPSA) is 58.3 Å². The summed E-state index contributed by atoms with van der Waals surface area (Å²) in [5.41, 5.74) is 3.72. The Hall–Kier alpha value is -2.70. The Morgan fingerprint density at radius 3 is 2.40 bits per heavy atom. The molecule has 0 aliphatic carbocycles. The van der Waals surface area contributed by atoms with Gasteiger partial charge in [0.1, 0.15) is 6.54 Å². The van der Waals surface area contributed by atoms with Crippen LogP contribution in [0.1, 0.15) is 16.7 Å². The second kappa shape index (κ2) is 10.9. The number of rotatable bonds is 8. The molecule has 1 unspecified atom stereocenters. The van der Waals surface area contributed by atoms with E-state index >= 15 is 0 Å². The Morgan fingerprint density at radius 1 is 1.00 bits per heavy atom. The number of carbonyl (C=O) groups is 2. The maximum atomic E-state index is 12.6. The molecule has 3 rings (SSSR count). The summed E-state index contributed by atoms with van der Waals surface area (Å²) in [5, 5.41) is 2.93. The number of likely N-dealkylation sites (N-methyl/N-ethyl adjacent to an activating group) is 1. The van der Waals surface area contributed by atoms with Gasteiger partial charge in [0.15, 0.2) is 13.1 Å². The van der Waals surface area contributed by atoms with E-state index in [9.17, 15) is 9.59 Å². The van der Waals surface area contributed by atoms with Crippen molar-refractivity contribution < 1.29 is 19.4 Å². The van der Waals surface area contributed by atoms with E-state index in [1.807, 2.05) is 42.3 Å². The number of piperazine rings is 1. The van der Waals surface area contributed by atoms with Crippen LogP contribution in [-0.4, -0.2) is 63.0 Å². The minimum absolute atomic E-state index is 0.0310. The van der Waals surface area contributed by atoms with Crippen molar-refractivity contribution in [3.05, 3.63) is 71.3 Å². The zero-order valence-corrected chi connectivity index (χ0v) is 18.1. The van der Waals surface area contributed by atoms with Crippen molar-refractivity contribution >= 4 is 11.8 Å². The molecule has 6 heteroatoms. The molecule has 6 nitrogen and oxygen atoms in total. The lowest BCUT2D eigenvalue weighted by molar-refractivity contribution is -0.917. The standard InChI is InChI=1S/C24H32N4O2/c1-20-7-6-10-22(15-20)17-27-11-13-28(14-12-27)24(30)19-26(2)18-23(29)25-16-21-8-4-3-5-9-21/h3-10,15H,11-14,16-19H2,1-2H3,(H,25,29)/p+2. The first-order chi connectivity index (χ1) is 14.5. The van der Waals surface area contributed by atoms with E-state index in [0.29, 0.717) is 19.6 Å². The van der Waals surface area contributed by atoms with Crippen LogP contribution in [0.3, 0.4) is 0 Å². The second-order valence-electron chi connectivity index (χ2n) is 8.37. The minimum Gasteiger partial charge on any atom is -0.347 e. The number of carbonyl (C=O) groups excluding carboxylic acids is 2. The van der Waals surface area contributed by atoms with Gasteiger partial charge in [-0.1, -0.05) is 60.2 Å². The highest BCUT2D eigenvalue weighted by Gasteiger charge is 2.26. The van der Waals surface area contributed by atoms with Crippen molar-refractivity contribution in [2.45, 2.75) is 20.0 Å². The van der Waals surface area contributed by atoms with Crippen molar-refractivity contribution in [2.24, 2.45) is 0 Å². The van der Waals surface area contributed by atoms with E-state index in [4.69, 9.17) is 0 Å². The van der Waals surface area contributed by atoms with Gasteiger partial charge in [-0.05, 0) is 12.5 Å². The Morgan fingerprint density at radius 2 is 1.70 bits per heavy atom. The smallest absolute Gasteiger partial charge is 0.278 e. The molecule has 0 saturated carbocycles. The fourth-order valence-corrected chi connectivity index (χ4v) is 3.93. The van der Waals surface area contributed by atoms with Crippen molar-refractivity contribution in [3.8, 4) is 0 Å². The molecule has 2 aromatic rings. The van der Waals surface area contributed by atoms with Gasteiger partial charge in [-0.3, -0.25) is 9.59 Å². The first kappa shape index (κ1) is 22.0. The van der Waals surface area contributed by atoms with Crippen LogP contribution in [0.5, 0.6) is 0 Å². The van der Waals surface area contributed by atoms with E-state index in [2.05, 4.69) is 36.5 Å². The summed E-state index contributed by atoms with van der Waals surface area (Å²) < 4.78 is 0. The molecule has 0 aromatic heterocycles. The number of quaternary nitrogens is 2. The molecule has 1 atom stereocenters. The number of hydrogen-bond donors (Lipinski definition) is 3. The van der Waals surface area contributed by atoms with Crippen LogP contribution in [0.15, 0.2) is 54.6 Å². The fraction of sp³-hybridized carbons (Fsp3) is 0.417. The summed E-state index contributed by atoms with van der Waals surface area (Å²) in [6.45, 7) is 7.82. The monoisotopic (exact) mass is 410 g/mol. The van der Waals surface area contributed by atoms with Gasteiger partial charge < -0.3 is 20.0 Å². The molecule has 30 heavy (non-hydrogen) atoms. The van der Waals surface area contributed by atoms with Crippen LogP contribution in [0, 0.1) is 6.92 Å². The Balaban J connectivity index is 1.36. The van der Waals surface area contributed by atoms with Crippen LogP contribution in [0.4, 0.5) is 0 Å². The van der Waals surface area contributed by atoms with Crippen molar-refractivity contribution in [2.75, 3.05) is 46.3 Å². The van der Waals surface area contributed by atoms with Crippen LogP contribution in [-0.2, 0) is 22.7 Å². The van der Waals surface area contributed by atoms with Gasteiger partial charge in [0.25, 0.3) is 11.8 Å². The van der Waals surface area contributed by atoms with Gasteiger partial charge in [-0.2, -0.15) is 0 Å². The van der Waals surface area contributed by atoms with Crippen LogP contribution in [0.25, 0.3) is 0 Å². The van der Waals surface area contributed by atoms with Gasteiger partial charge in [0, 0.05) is 12.1 Å². The van der Waals surface area contributed by atoms with Crippen molar-refractivity contribution in [1.29, 1.82) is 0 Å². The number of nitrogens with one attached hydrogen (secondary N) is 3. The largest absolute Gasteiger partial charge is 0.347 e. The summed E-state index contributed by atoms with van der Waals surface area (Å²) in [5.74, 6) is 0.106. The van der Waals surface area contributed by atoms with Gasteiger partial charge in [-0.25, -0.2) is 0 Å². The Bertz CT molecular complexity index is 832. The Kier molecular flexibility index (Phi) is 7.99. The molecule has 2 aromatic carbocycles. The molecule has 0 bridgehead atoms. The quantitative estimate of drug-likeness (QED) is 0.526. The number of aryl methyl sites for hydroxylation is 1. The van der Waals surface area contributed by atoms with Crippen LogP contribution in [0.2, 0.25) is 0 Å². The molecule has 0 spiro atoms. The second-order valence-corrected chi connectivity index (χ2v) is 8.37. The number of benzene rings is 2. The first-order valence-electron chi connectivity index (χ1n) is 10.8. The third-order valence-corrected chi connectivity index (χ3v) is 5.61. The highest BCUT2D eigenvalue weighted by molar-refractivity contribution is 5.79. The van der Waals surface area contributed by atoms with E-state index < -0.39 is 0 Å². The van der Waals surface area contributed by atoms with Crippen LogP contribution < -0.4 is 15.1 Å². The van der Waals surface area contributed by atoms with Crippen LogP contribution >= 0.6 is 0 Å². The van der Waals surface area contributed by atoms with Gasteiger partial charge in [0.05, 0.1) is 33.2 Å². The summed E-state index contributed by atoms with van der Waals surface area (Å²) in [6.07, 6.45) is 0. The third-order valence-electron chi connectivity index (χ3n) is 5.61. The average molecular weight is 411 g/mol. The zero-order chi connectivity index (χ0) is 21.3. The lowest BCUT2D eigenvalue weighted by atomic mass is 10.1. The molecule has 160 valence electrons. The summed E-state index contributed by atoms with van der Waals surface area (Å²) in [7, 11) is 1.90. The van der Waals surface area contributed by atoms with Gasteiger partial charge in [-0.15, -0.1) is 0 Å². The molecular formula is C24H34N4O2+2. The maximum absolute atomic E-state index is 12.6. The third kappa shape index (κ3) is 6.97. The number of hydrogen-bond acceptors (Lipinski definition) is 2. The number of amides is 2. The van der Waals surface area contributed by atoms with Crippen molar-refractivity contribution in [3.63, 3.8) is 0 Å². The van der Waals surface area contributed by atoms with E-state index in [1.165, 1.54) is 16.0 Å². The van der Waals surface area contributed by atoms with Gasteiger partial charge >= 0.3 is 0 Å². The average Bonchev–Trinajstić information content (AvgIpc) is 2.73. The zero-order valence-electron chi connectivity index (χ0n) is 18.1. The van der Waals surface area contributed by atoms with Gasteiger partial charge in [0.2, 0.25) is 0 Å².